The molecule has 4 heteroatoms. The van der Waals surface area contributed by atoms with Crippen molar-refractivity contribution in [2.24, 2.45) is 5.92 Å². The monoisotopic (exact) mass is 262 g/mol. The minimum absolute atomic E-state index is 0.0120. The molecule has 1 heterocycles. The lowest BCUT2D eigenvalue weighted by Crippen LogP contribution is -2.40. The summed E-state index contributed by atoms with van der Waals surface area (Å²) in [6.07, 6.45) is 2.18. The smallest absolute Gasteiger partial charge is 0.227 e. The van der Waals surface area contributed by atoms with Gasteiger partial charge in [-0.05, 0) is 30.5 Å². The van der Waals surface area contributed by atoms with E-state index in [4.69, 9.17) is 16.9 Å². The first kappa shape index (κ1) is 12.9. The van der Waals surface area contributed by atoms with Gasteiger partial charge in [-0.25, -0.2) is 0 Å². The molecule has 1 saturated heterocycles. The fourth-order valence-corrected chi connectivity index (χ4v) is 2.46. The third-order valence-corrected chi connectivity index (χ3v) is 3.44. The van der Waals surface area contributed by atoms with E-state index < -0.39 is 0 Å². The van der Waals surface area contributed by atoms with Crippen molar-refractivity contribution in [3.8, 4) is 6.07 Å². The van der Waals surface area contributed by atoms with E-state index in [1.807, 2.05) is 18.2 Å². The highest BCUT2D eigenvalue weighted by Gasteiger charge is 2.23. The lowest BCUT2D eigenvalue weighted by molar-refractivity contribution is -0.131. The van der Waals surface area contributed by atoms with Crippen LogP contribution in [0, 0.1) is 17.2 Å². The maximum Gasteiger partial charge on any atom is 0.227 e. The first-order valence-electron chi connectivity index (χ1n) is 6.11. The molecule has 2 rings (SSSR count). The van der Waals surface area contributed by atoms with E-state index in [2.05, 4.69) is 6.07 Å². The van der Waals surface area contributed by atoms with Gasteiger partial charge in [0.05, 0.1) is 18.4 Å². The number of hydrogen-bond donors (Lipinski definition) is 0. The second kappa shape index (κ2) is 5.88. The average Bonchev–Trinajstić information content (AvgIpc) is 2.39. The molecule has 1 amide bonds. The standard InChI is InChI=1S/C14H15ClN2O/c15-13-5-1-3-11(7-13)8-14(18)17-6-2-4-12(9-16)10-17/h1,3,5,7,12H,2,4,6,8,10H2. The highest BCUT2D eigenvalue weighted by atomic mass is 35.5. The van der Waals surface area contributed by atoms with Crippen LogP contribution in [0.4, 0.5) is 0 Å². The quantitative estimate of drug-likeness (QED) is 0.822. The Morgan fingerprint density at radius 3 is 3.11 bits per heavy atom. The van der Waals surface area contributed by atoms with Gasteiger partial charge in [-0.15, -0.1) is 0 Å². The summed E-state index contributed by atoms with van der Waals surface area (Å²) >= 11 is 5.89. The number of rotatable bonds is 2. The predicted octanol–water partition coefficient (Wildman–Crippen LogP) is 2.64. The number of hydrogen-bond acceptors (Lipinski definition) is 2. The Kier molecular flexibility index (Phi) is 4.22. The van der Waals surface area contributed by atoms with Crippen LogP contribution in [-0.2, 0) is 11.2 Å². The van der Waals surface area contributed by atoms with E-state index in [0.717, 1.165) is 24.9 Å². The van der Waals surface area contributed by atoms with Crippen molar-refractivity contribution in [3.63, 3.8) is 0 Å². The van der Waals surface area contributed by atoms with Gasteiger partial charge in [-0.3, -0.25) is 4.79 Å². The van der Waals surface area contributed by atoms with Crippen LogP contribution in [0.15, 0.2) is 24.3 Å². The highest BCUT2D eigenvalue weighted by molar-refractivity contribution is 6.30. The van der Waals surface area contributed by atoms with Crippen LogP contribution in [-0.4, -0.2) is 23.9 Å². The summed E-state index contributed by atoms with van der Waals surface area (Å²) in [5.41, 5.74) is 0.923. The topological polar surface area (TPSA) is 44.1 Å². The number of carbonyl (C=O) groups is 1. The molecule has 18 heavy (non-hydrogen) atoms. The first-order valence-corrected chi connectivity index (χ1v) is 6.48. The lowest BCUT2D eigenvalue weighted by atomic mass is 9.99. The number of carbonyl (C=O) groups excluding carboxylic acids is 1. The van der Waals surface area contributed by atoms with Gasteiger partial charge in [-0.1, -0.05) is 23.7 Å². The summed E-state index contributed by atoms with van der Waals surface area (Å²) in [6, 6.07) is 9.60. The molecular weight excluding hydrogens is 248 g/mol. The van der Waals surface area contributed by atoms with Gasteiger partial charge in [-0.2, -0.15) is 5.26 Å². The van der Waals surface area contributed by atoms with Gasteiger partial charge in [0.25, 0.3) is 0 Å². The molecule has 1 aromatic carbocycles. The Hall–Kier alpha value is -1.53. The normalized spacial score (nSPS) is 19.3. The SMILES string of the molecule is N#CC1CCCN(C(=O)Cc2cccc(Cl)c2)C1. The maximum atomic E-state index is 12.1. The minimum Gasteiger partial charge on any atom is -0.341 e. The molecule has 1 aromatic rings. The number of nitriles is 1. The molecule has 0 bridgehead atoms. The number of amides is 1. The lowest BCUT2D eigenvalue weighted by Gasteiger charge is -2.29. The minimum atomic E-state index is -0.0120. The van der Waals surface area contributed by atoms with E-state index in [0.29, 0.717) is 18.0 Å². The van der Waals surface area contributed by atoms with Gasteiger partial charge in [0.2, 0.25) is 5.91 Å². The molecule has 0 N–H and O–H groups in total. The predicted molar refractivity (Wildman–Crippen MR) is 70.1 cm³/mol. The summed E-state index contributed by atoms with van der Waals surface area (Å²) in [4.78, 5) is 13.9. The molecule has 94 valence electrons. The van der Waals surface area contributed by atoms with Crippen molar-refractivity contribution < 1.29 is 4.79 Å². The summed E-state index contributed by atoms with van der Waals surface area (Å²) in [5, 5.41) is 9.56. The van der Waals surface area contributed by atoms with Crippen molar-refractivity contribution in [2.75, 3.05) is 13.1 Å². The number of halogens is 1. The highest BCUT2D eigenvalue weighted by Crippen LogP contribution is 2.17. The molecular formula is C14H15ClN2O. The van der Waals surface area contributed by atoms with Crippen LogP contribution < -0.4 is 0 Å². The summed E-state index contributed by atoms with van der Waals surface area (Å²) in [6.45, 7) is 1.33. The second-order valence-electron chi connectivity index (χ2n) is 4.61. The summed E-state index contributed by atoms with van der Waals surface area (Å²) in [7, 11) is 0. The molecule has 0 saturated carbocycles. The fourth-order valence-electron chi connectivity index (χ4n) is 2.24. The van der Waals surface area contributed by atoms with E-state index in [1.165, 1.54) is 0 Å². The largest absolute Gasteiger partial charge is 0.341 e. The van der Waals surface area contributed by atoms with Crippen LogP contribution in [0.25, 0.3) is 0 Å². The van der Waals surface area contributed by atoms with E-state index in [1.54, 1.807) is 11.0 Å². The molecule has 1 atom stereocenters. The zero-order valence-electron chi connectivity index (χ0n) is 10.1. The van der Waals surface area contributed by atoms with Crippen molar-refractivity contribution in [2.45, 2.75) is 19.3 Å². The molecule has 0 aromatic heterocycles. The van der Waals surface area contributed by atoms with Gasteiger partial charge in [0.1, 0.15) is 0 Å². The number of piperidine rings is 1. The Morgan fingerprint density at radius 1 is 1.56 bits per heavy atom. The van der Waals surface area contributed by atoms with Crippen molar-refractivity contribution >= 4 is 17.5 Å². The van der Waals surface area contributed by atoms with Crippen LogP contribution in [0.5, 0.6) is 0 Å². The first-order chi connectivity index (χ1) is 8.69. The van der Waals surface area contributed by atoms with Crippen molar-refractivity contribution in [3.05, 3.63) is 34.9 Å². The molecule has 1 aliphatic rings. The van der Waals surface area contributed by atoms with Gasteiger partial charge in [0, 0.05) is 18.1 Å². The second-order valence-corrected chi connectivity index (χ2v) is 5.05. The number of benzene rings is 1. The van der Waals surface area contributed by atoms with Gasteiger partial charge in [0.15, 0.2) is 0 Å². The van der Waals surface area contributed by atoms with Gasteiger partial charge >= 0.3 is 0 Å². The zero-order valence-corrected chi connectivity index (χ0v) is 10.9. The maximum absolute atomic E-state index is 12.1. The Labute approximate surface area is 112 Å². The van der Waals surface area contributed by atoms with Crippen molar-refractivity contribution in [1.29, 1.82) is 5.26 Å². The Morgan fingerprint density at radius 2 is 2.39 bits per heavy atom. The molecule has 1 fully saturated rings. The molecule has 1 unspecified atom stereocenters. The third-order valence-electron chi connectivity index (χ3n) is 3.20. The van der Waals surface area contributed by atoms with Crippen molar-refractivity contribution in [1.82, 2.24) is 4.90 Å². The molecule has 0 aliphatic carbocycles. The zero-order chi connectivity index (χ0) is 13.0. The fraction of sp³-hybridized carbons (Fsp3) is 0.429. The van der Waals surface area contributed by atoms with Crippen LogP contribution >= 0.6 is 11.6 Å². The molecule has 3 nitrogen and oxygen atoms in total. The van der Waals surface area contributed by atoms with Gasteiger partial charge < -0.3 is 4.90 Å². The average molecular weight is 263 g/mol. The van der Waals surface area contributed by atoms with E-state index in [-0.39, 0.29) is 11.8 Å². The molecule has 0 radical (unpaired) electrons. The Bertz CT molecular complexity index is 481. The van der Waals surface area contributed by atoms with Crippen LogP contribution in [0.2, 0.25) is 5.02 Å². The third kappa shape index (κ3) is 3.24. The van der Waals surface area contributed by atoms with Crippen LogP contribution in [0.3, 0.4) is 0 Å². The molecule has 1 aliphatic heterocycles. The van der Waals surface area contributed by atoms with E-state index in [9.17, 15) is 4.79 Å². The Balaban J connectivity index is 1.98. The van der Waals surface area contributed by atoms with Crippen LogP contribution in [0.1, 0.15) is 18.4 Å². The summed E-state index contributed by atoms with van der Waals surface area (Å²) < 4.78 is 0. The summed E-state index contributed by atoms with van der Waals surface area (Å²) in [5.74, 6) is 0.0688. The number of likely N-dealkylation sites (tertiary alicyclic amines) is 1. The van der Waals surface area contributed by atoms with E-state index >= 15 is 0 Å². The number of nitrogens with zero attached hydrogens (tertiary/aromatic N) is 2. The molecule has 0 spiro atoms.